The van der Waals surface area contributed by atoms with Crippen LogP contribution in [-0.2, 0) is 6.54 Å². The zero-order valence-corrected chi connectivity index (χ0v) is 12.2. The molecule has 3 heteroatoms. The van der Waals surface area contributed by atoms with Gasteiger partial charge in [-0.3, -0.25) is 4.57 Å². The maximum Gasteiger partial charge on any atom is 0.110 e. The number of rotatable bonds is 5. The number of imidazole rings is 1. The van der Waals surface area contributed by atoms with Crippen LogP contribution in [0.5, 0.6) is 0 Å². The summed E-state index contributed by atoms with van der Waals surface area (Å²) in [6.07, 6.45) is 7.60. The van der Waals surface area contributed by atoms with Crippen molar-refractivity contribution < 1.29 is 0 Å². The van der Waals surface area contributed by atoms with E-state index in [-0.39, 0.29) is 0 Å². The van der Waals surface area contributed by atoms with Gasteiger partial charge in [-0.25, -0.2) is 4.98 Å². The van der Waals surface area contributed by atoms with Gasteiger partial charge in [-0.2, -0.15) is 0 Å². The van der Waals surface area contributed by atoms with Crippen molar-refractivity contribution in [3.05, 3.63) is 48.0 Å². The molecule has 1 aromatic carbocycles. The summed E-state index contributed by atoms with van der Waals surface area (Å²) in [5, 5.41) is 3.61. The van der Waals surface area contributed by atoms with E-state index < -0.39 is 0 Å². The molecule has 1 aliphatic carbocycles. The molecule has 106 valence electrons. The molecule has 0 amide bonds. The van der Waals surface area contributed by atoms with Gasteiger partial charge in [0.05, 0.1) is 11.9 Å². The highest BCUT2D eigenvalue weighted by atomic mass is 15.1. The van der Waals surface area contributed by atoms with E-state index in [1.54, 1.807) is 0 Å². The fraction of sp³-hybridized carbons (Fsp3) is 0.471. The third-order valence-electron chi connectivity index (χ3n) is 4.24. The summed E-state index contributed by atoms with van der Waals surface area (Å²) >= 11 is 0. The normalized spacial score (nSPS) is 15.8. The molecule has 0 atom stereocenters. The van der Waals surface area contributed by atoms with E-state index in [1.165, 1.54) is 37.1 Å². The summed E-state index contributed by atoms with van der Waals surface area (Å²) in [7, 11) is 0. The SMILES string of the molecule is Cc1ncc(CNCC2CCCC2)n1-c1ccccc1. The first kappa shape index (κ1) is 13.4. The minimum Gasteiger partial charge on any atom is -0.311 e. The molecule has 1 aromatic heterocycles. The predicted octanol–water partition coefficient (Wildman–Crippen LogP) is 3.46. The Kier molecular flexibility index (Phi) is 4.16. The maximum absolute atomic E-state index is 4.47. The minimum absolute atomic E-state index is 0.879. The average molecular weight is 269 g/mol. The molecule has 0 unspecified atom stereocenters. The molecule has 1 heterocycles. The number of benzene rings is 1. The first-order chi connectivity index (χ1) is 9.84. The Bertz CT molecular complexity index is 539. The van der Waals surface area contributed by atoms with E-state index >= 15 is 0 Å². The van der Waals surface area contributed by atoms with E-state index in [2.05, 4.69) is 46.1 Å². The van der Waals surface area contributed by atoms with Gasteiger partial charge >= 0.3 is 0 Å². The van der Waals surface area contributed by atoms with Crippen molar-refractivity contribution in [1.82, 2.24) is 14.9 Å². The smallest absolute Gasteiger partial charge is 0.110 e. The Morgan fingerprint density at radius 1 is 1.20 bits per heavy atom. The van der Waals surface area contributed by atoms with Gasteiger partial charge in [-0.15, -0.1) is 0 Å². The van der Waals surface area contributed by atoms with Crippen molar-refractivity contribution in [2.45, 2.75) is 39.2 Å². The minimum atomic E-state index is 0.879. The summed E-state index contributed by atoms with van der Waals surface area (Å²) in [6, 6.07) is 10.5. The van der Waals surface area contributed by atoms with Crippen molar-refractivity contribution in [2.75, 3.05) is 6.54 Å². The van der Waals surface area contributed by atoms with Crippen LogP contribution >= 0.6 is 0 Å². The molecule has 2 aromatic rings. The molecular formula is C17H23N3. The van der Waals surface area contributed by atoms with Gasteiger partial charge in [0.1, 0.15) is 5.82 Å². The third kappa shape index (κ3) is 2.93. The Hall–Kier alpha value is -1.61. The molecule has 1 saturated carbocycles. The highest BCUT2D eigenvalue weighted by Gasteiger charge is 2.15. The molecule has 3 rings (SSSR count). The van der Waals surface area contributed by atoms with Crippen molar-refractivity contribution in [3.63, 3.8) is 0 Å². The quantitative estimate of drug-likeness (QED) is 0.901. The fourth-order valence-corrected chi connectivity index (χ4v) is 3.16. The predicted molar refractivity (Wildman–Crippen MR) is 82.0 cm³/mol. The van der Waals surface area contributed by atoms with Crippen molar-refractivity contribution in [2.24, 2.45) is 5.92 Å². The van der Waals surface area contributed by atoms with Crippen LogP contribution in [0, 0.1) is 12.8 Å². The lowest BCUT2D eigenvalue weighted by molar-refractivity contribution is 0.485. The molecular weight excluding hydrogens is 246 g/mol. The molecule has 3 nitrogen and oxygen atoms in total. The lowest BCUT2D eigenvalue weighted by Crippen LogP contribution is -2.22. The van der Waals surface area contributed by atoms with Crippen LogP contribution < -0.4 is 5.32 Å². The van der Waals surface area contributed by atoms with Crippen molar-refractivity contribution >= 4 is 0 Å². The molecule has 1 fully saturated rings. The van der Waals surface area contributed by atoms with Gasteiger partial charge in [-0.05, 0) is 44.4 Å². The van der Waals surface area contributed by atoms with Gasteiger partial charge in [0.2, 0.25) is 0 Å². The summed E-state index contributed by atoms with van der Waals surface area (Å²) in [5.74, 6) is 1.93. The number of aromatic nitrogens is 2. The van der Waals surface area contributed by atoms with Gasteiger partial charge in [0.25, 0.3) is 0 Å². The monoisotopic (exact) mass is 269 g/mol. The number of nitrogens with zero attached hydrogens (tertiary/aromatic N) is 2. The van der Waals surface area contributed by atoms with Crippen LogP contribution in [0.3, 0.4) is 0 Å². The first-order valence-corrected chi connectivity index (χ1v) is 7.64. The van der Waals surface area contributed by atoms with Crippen LogP contribution in [-0.4, -0.2) is 16.1 Å². The second kappa shape index (κ2) is 6.23. The summed E-state index contributed by atoms with van der Waals surface area (Å²) in [6.45, 7) is 4.10. The number of hydrogen-bond acceptors (Lipinski definition) is 2. The summed E-state index contributed by atoms with van der Waals surface area (Å²) in [5.41, 5.74) is 2.44. The van der Waals surface area contributed by atoms with Crippen LogP contribution in [0.2, 0.25) is 0 Å². The molecule has 20 heavy (non-hydrogen) atoms. The average Bonchev–Trinajstić information content (AvgIpc) is 3.10. The Balaban J connectivity index is 1.67. The molecule has 1 N–H and O–H groups in total. The van der Waals surface area contributed by atoms with Crippen LogP contribution in [0.25, 0.3) is 5.69 Å². The van der Waals surface area contributed by atoms with Gasteiger partial charge in [0, 0.05) is 12.2 Å². The van der Waals surface area contributed by atoms with Crippen LogP contribution in [0.4, 0.5) is 0 Å². The van der Waals surface area contributed by atoms with E-state index in [0.717, 1.165) is 24.8 Å². The van der Waals surface area contributed by atoms with Crippen molar-refractivity contribution in [1.29, 1.82) is 0 Å². The molecule has 1 aliphatic rings. The second-order valence-electron chi connectivity index (χ2n) is 5.75. The van der Waals surface area contributed by atoms with Crippen LogP contribution in [0.15, 0.2) is 36.5 Å². The second-order valence-corrected chi connectivity index (χ2v) is 5.75. The molecule has 0 aliphatic heterocycles. The number of hydrogen-bond donors (Lipinski definition) is 1. The fourth-order valence-electron chi connectivity index (χ4n) is 3.16. The van der Waals surface area contributed by atoms with Crippen LogP contribution in [0.1, 0.15) is 37.2 Å². The first-order valence-electron chi connectivity index (χ1n) is 7.64. The molecule has 0 saturated heterocycles. The van der Waals surface area contributed by atoms with Gasteiger partial charge in [-0.1, -0.05) is 31.0 Å². The summed E-state index contributed by atoms with van der Waals surface area (Å²) < 4.78 is 2.24. The Morgan fingerprint density at radius 3 is 2.70 bits per heavy atom. The van der Waals surface area contributed by atoms with Gasteiger partial charge in [0.15, 0.2) is 0 Å². The Labute approximate surface area is 121 Å². The number of para-hydroxylation sites is 1. The van der Waals surface area contributed by atoms with E-state index in [0.29, 0.717) is 0 Å². The maximum atomic E-state index is 4.47. The lowest BCUT2D eigenvalue weighted by atomic mass is 10.1. The van der Waals surface area contributed by atoms with E-state index in [9.17, 15) is 0 Å². The third-order valence-corrected chi connectivity index (χ3v) is 4.24. The molecule has 0 radical (unpaired) electrons. The largest absolute Gasteiger partial charge is 0.311 e. The van der Waals surface area contributed by atoms with E-state index in [4.69, 9.17) is 0 Å². The zero-order chi connectivity index (χ0) is 13.8. The standard InChI is InChI=1S/C17H23N3/c1-14-19-13-17(12-18-11-15-7-5-6-8-15)20(14)16-9-3-2-4-10-16/h2-4,9-10,13,15,18H,5-8,11-12H2,1H3. The zero-order valence-electron chi connectivity index (χ0n) is 12.2. The topological polar surface area (TPSA) is 29.9 Å². The van der Waals surface area contributed by atoms with E-state index in [1.807, 2.05) is 12.3 Å². The lowest BCUT2D eigenvalue weighted by Gasteiger charge is -2.13. The molecule has 0 spiro atoms. The molecule has 0 bridgehead atoms. The number of nitrogens with one attached hydrogen (secondary N) is 1. The van der Waals surface area contributed by atoms with Crippen molar-refractivity contribution in [3.8, 4) is 5.69 Å². The van der Waals surface area contributed by atoms with Gasteiger partial charge < -0.3 is 5.32 Å². The number of aryl methyl sites for hydroxylation is 1. The summed E-state index contributed by atoms with van der Waals surface area (Å²) in [4.78, 5) is 4.47. The Morgan fingerprint density at radius 2 is 1.95 bits per heavy atom. The highest BCUT2D eigenvalue weighted by molar-refractivity contribution is 5.35. The highest BCUT2D eigenvalue weighted by Crippen LogP contribution is 2.23.